The van der Waals surface area contributed by atoms with Crippen LogP contribution in [0.15, 0.2) is 53.7 Å². The van der Waals surface area contributed by atoms with Gasteiger partial charge in [-0.2, -0.15) is 0 Å². The van der Waals surface area contributed by atoms with Gasteiger partial charge in [-0.1, -0.05) is 53.2 Å². The van der Waals surface area contributed by atoms with Crippen LogP contribution in [0.5, 0.6) is 0 Å². The van der Waals surface area contributed by atoms with Gasteiger partial charge >= 0.3 is 0 Å². The number of nitrogen functional groups attached to an aromatic ring is 1. The van der Waals surface area contributed by atoms with E-state index >= 15 is 0 Å². The number of thioether (sulfide) groups is 1. The average molecular weight is 408 g/mol. The van der Waals surface area contributed by atoms with Crippen LogP contribution in [0.25, 0.3) is 11.4 Å². The number of carbonyl (C=O) groups is 1. The lowest BCUT2D eigenvalue weighted by atomic mass is 10.2. The summed E-state index contributed by atoms with van der Waals surface area (Å²) in [7, 11) is 0. The van der Waals surface area contributed by atoms with Crippen LogP contribution in [0, 0.1) is 0 Å². The van der Waals surface area contributed by atoms with Crippen molar-refractivity contribution in [2.45, 2.75) is 17.3 Å². The van der Waals surface area contributed by atoms with E-state index in [0.29, 0.717) is 26.7 Å². The van der Waals surface area contributed by atoms with Crippen molar-refractivity contribution in [3.05, 3.63) is 58.6 Å². The van der Waals surface area contributed by atoms with Crippen LogP contribution in [-0.2, 0) is 4.79 Å². The number of amides is 1. The molecule has 0 aliphatic rings. The van der Waals surface area contributed by atoms with E-state index in [4.69, 9.17) is 29.0 Å². The Morgan fingerprint density at radius 1 is 1.15 bits per heavy atom. The molecule has 0 fully saturated rings. The quantitative estimate of drug-likeness (QED) is 0.491. The highest BCUT2D eigenvalue weighted by Gasteiger charge is 2.20. The Bertz CT molecular complexity index is 946. The summed E-state index contributed by atoms with van der Waals surface area (Å²) in [5.41, 5.74) is 1.37. The van der Waals surface area contributed by atoms with Gasteiger partial charge in [-0.15, -0.1) is 10.2 Å². The number of hydrogen-bond acceptors (Lipinski definition) is 5. The summed E-state index contributed by atoms with van der Waals surface area (Å²) in [6.07, 6.45) is 0. The summed E-state index contributed by atoms with van der Waals surface area (Å²) in [6.45, 7) is 1.76. The summed E-state index contributed by atoms with van der Waals surface area (Å²) in [5.74, 6) is 6.36. The number of anilines is 1. The van der Waals surface area contributed by atoms with Gasteiger partial charge in [0, 0.05) is 21.3 Å². The lowest BCUT2D eigenvalue weighted by Gasteiger charge is -2.11. The summed E-state index contributed by atoms with van der Waals surface area (Å²) in [4.78, 5) is 12.4. The SMILES string of the molecule is C[C@H](Sc1nnc(-c2cccc(Cl)c2)n1N)C(=O)Nc1cccc(Cl)c1. The van der Waals surface area contributed by atoms with Crippen LogP contribution in [-0.4, -0.2) is 26.0 Å². The zero-order chi connectivity index (χ0) is 18.7. The highest BCUT2D eigenvalue weighted by atomic mass is 35.5. The first-order valence-corrected chi connectivity index (χ1v) is 9.27. The third-order valence-corrected chi connectivity index (χ3v) is 5.02. The molecule has 0 bridgehead atoms. The van der Waals surface area contributed by atoms with E-state index in [2.05, 4.69) is 15.5 Å². The van der Waals surface area contributed by atoms with E-state index < -0.39 is 5.25 Å². The van der Waals surface area contributed by atoms with Gasteiger partial charge in [-0.3, -0.25) is 4.79 Å². The smallest absolute Gasteiger partial charge is 0.237 e. The van der Waals surface area contributed by atoms with Crippen molar-refractivity contribution in [2.75, 3.05) is 11.2 Å². The Morgan fingerprint density at radius 2 is 1.85 bits per heavy atom. The molecule has 0 saturated heterocycles. The molecule has 0 saturated carbocycles. The zero-order valence-electron chi connectivity index (χ0n) is 13.7. The van der Waals surface area contributed by atoms with Crippen LogP contribution >= 0.6 is 35.0 Å². The Balaban J connectivity index is 1.71. The van der Waals surface area contributed by atoms with E-state index in [1.807, 2.05) is 6.07 Å². The number of nitrogens with two attached hydrogens (primary N) is 1. The molecule has 1 atom stereocenters. The van der Waals surface area contributed by atoms with Crippen molar-refractivity contribution < 1.29 is 4.79 Å². The minimum absolute atomic E-state index is 0.190. The van der Waals surface area contributed by atoms with Crippen molar-refractivity contribution in [3.63, 3.8) is 0 Å². The number of nitrogens with one attached hydrogen (secondary N) is 1. The van der Waals surface area contributed by atoms with Crippen molar-refractivity contribution in [1.82, 2.24) is 14.9 Å². The second-order valence-electron chi connectivity index (χ2n) is 5.45. The van der Waals surface area contributed by atoms with E-state index in [0.717, 1.165) is 5.56 Å². The first-order valence-electron chi connectivity index (χ1n) is 7.63. The maximum Gasteiger partial charge on any atom is 0.237 e. The van der Waals surface area contributed by atoms with Crippen LogP contribution < -0.4 is 11.2 Å². The molecular weight excluding hydrogens is 393 g/mol. The van der Waals surface area contributed by atoms with Gasteiger partial charge in [0.15, 0.2) is 5.82 Å². The molecule has 0 radical (unpaired) electrons. The molecule has 0 aliphatic heterocycles. The normalized spacial score (nSPS) is 12.0. The van der Waals surface area contributed by atoms with Crippen molar-refractivity contribution in [2.24, 2.45) is 0 Å². The highest BCUT2D eigenvalue weighted by Crippen LogP contribution is 2.27. The fourth-order valence-corrected chi connectivity index (χ4v) is 3.35. The van der Waals surface area contributed by atoms with E-state index in [9.17, 15) is 4.79 Å². The minimum atomic E-state index is -0.437. The first kappa shape index (κ1) is 18.6. The third kappa shape index (κ3) is 4.30. The number of carbonyl (C=O) groups excluding carboxylic acids is 1. The second-order valence-corrected chi connectivity index (χ2v) is 7.63. The van der Waals surface area contributed by atoms with Crippen LogP contribution in [0.2, 0.25) is 10.0 Å². The fraction of sp³-hybridized carbons (Fsp3) is 0.118. The van der Waals surface area contributed by atoms with Gasteiger partial charge in [0.05, 0.1) is 5.25 Å². The molecule has 0 unspecified atom stereocenters. The number of nitrogens with zero attached hydrogens (tertiary/aromatic N) is 3. The van der Waals surface area contributed by atoms with Gasteiger partial charge in [0.2, 0.25) is 11.1 Å². The Morgan fingerprint density at radius 3 is 2.54 bits per heavy atom. The molecule has 1 amide bonds. The summed E-state index contributed by atoms with van der Waals surface area (Å²) in [5, 5.41) is 12.1. The van der Waals surface area contributed by atoms with E-state index in [-0.39, 0.29) is 5.91 Å². The largest absolute Gasteiger partial charge is 0.335 e. The topological polar surface area (TPSA) is 85.8 Å². The molecule has 2 aromatic carbocycles. The van der Waals surface area contributed by atoms with Crippen molar-refractivity contribution in [3.8, 4) is 11.4 Å². The number of benzene rings is 2. The predicted octanol–water partition coefficient (Wildman–Crippen LogP) is 4.09. The van der Waals surface area contributed by atoms with E-state index in [1.54, 1.807) is 49.4 Å². The summed E-state index contributed by atoms with van der Waals surface area (Å²) < 4.78 is 1.35. The van der Waals surface area contributed by atoms with Crippen molar-refractivity contribution in [1.29, 1.82) is 0 Å². The lowest BCUT2D eigenvalue weighted by Crippen LogP contribution is -2.23. The third-order valence-electron chi connectivity index (χ3n) is 3.49. The first-order chi connectivity index (χ1) is 12.4. The number of hydrogen-bond donors (Lipinski definition) is 2. The maximum absolute atomic E-state index is 12.4. The molecule has 3 rings (SSSR count). The zero-order valence-corrected chi connectivity index (χ0v) is 16.0. The van der Waals surface area contributed by atoms with Crippen LogP contribution in [0.3, 0.4) is 0 Å². The molecule has 1 heterocycles. The summed E-state index contributed by atoms with van der Waals surface area (Å²) in [6, 6.07) is 14.1. The molecule has 1 aromatic heterocycles. The molecule has 0 aliphatic carbocycles. The standard InChI is InChI=1S/C17H15Cl2N5OS/c1-10(16(25)21-14-7-3-6-13(19)9-14)26-17-23-22-15(24(17)20)11-4-2-5-12(18)8-11/h2-10H,20H2,1H3,(H,21,25)/t10-/m0/s1. The highest BCUT2D eigenvalue weighted by molar-refractivity contribution is 8.00. The monoisotopic (exact) mass is 407 g/mol. The molecule has 0 spiro atoms. The Labute approximate surface area is 164 Å². The molecule has 3 aromatic rings. The fourth-order valence-electron chi connectivity index (χ4n) is 2.20. The molecule has 9 heteroatoms. The molecule has 6 nitrogen and oxygen atoms in total. The van der Waals surface area contributed by atoms with Gasteiger partial charge in [-0.25, -0.2) is 4.68 Å². The second kappa shape index (κ2) is 7.99. The Hall–Kier alpha value is -2.22. The van der Waals surface area contributed by atoms with Gasteiger partial charge in [-0.05, 0) is 37.3 Å². The minimum Gasteiger partial charge on any atom is -0.335 e. The van der Waals surface area contributed by atoms with Gasteiger partial charge < -0.3 is 11.2 Å². The Kier molecular flexibility index (Phi) is 5.70. The van der Waals surface area contributed by atoms with Gasteiger partial charge in [0.1, 0.15) is 0 Å². The van der Waals surface area contributed by atoms with E-state index in [1.165, 1.54) is 16.4 Å². The average Bonchev–Trinajstić information content (AvgIpc) is 2.95. The number of rotatable bonds is 5. The molecule has 3 N–H and O–H groups in total. The van der Waals surface area contributed by atoms with Crippen LogP contribution in [0.4, 0.5) is 5.69 Å². The maximum atomic E-state index is 12.4. The molecular formula is C17H15Cl2N5OS. The molecule has 26 heavy (non-hydrogen) atoms. The number of aromatic nitrogens is 3. The lowest BCUT2D eigenvalue weighted by molar-refractivity contribution is -0.115. The number of halogens is 2. The van der Waals surface area contributed by atoms with Crippen LogP contribution in [0.1, 0.15) is 6.92 Å². The summed E-state index contributed by atoms with van der Waals surface area (Å²) >= 11 is 13.1. The molecule has 134 valence electrons. The van der Waals surface area contributed by atoms with Crippen molar-refractivity contribution >= 4 is 46.6 Å². The predicted molar refractivity (Wildman–Crippen MR) is 106 cm³/mol. The van der Waals surface area contributed by atoms with Gasteiger partial charge in [0.25, 0.3) is 0 Å².